The summed E-state index contributed by atoms with van der Waals surface area (Å²) in [5, 5.41) is 4.33. The summed E-state index contributed by atoms with van der Waals surface area (Å²) < 4.78 is 29.6. The second-order valence-electron chi connectivity index (χ2n) is 7.86. The van der Waals surface area contributed by atoms with Gasteiger partial charge in [-0.3, -0.25) is 4.68 Å². The molecule has 0 unspecified atom stereocenters. The summed E-state index contributed by atoms with van der Waals surface area (Å²) in [6, 6.07) is 0. The van der Waals surface area contributed by atoms with Gasteiger partial charge in [0.2, 0.25) is 0 Å². The van der Waals surface area contributed by atoms with Gasteiger partial charge in [-0.05, 0) is 34.1 Å². The molecular formula is C19H33BN2O6. The van der Waals surface area contributed by atoms with Crippen LogP contribution in [0.3, 0.4) is 0 Å². The summed E-state index contributed by atoms with van der Waals surface area (Å²) in [7, 11) is -0.412. The molecule has 0 radical (unpaired) electrons. The van der Waals surface area contributed by atoms with Crippen molar-refractivity contribution >= 4 is 18.6 Å². The van der Waals surface area contributed by atoms with E-state index in [4.69, 9.17) is 23.5 Å². The first-order chi connectivity index (χ1) is 13.2. The van der Waals surface area contributed by atoms with Gasteiger partial charge < -0.3 is 23.5 Å². The Kier molecular flexibility index (Phi) is 8.48. The number of aromatic nitrogens is 2. The first kappa shape index (κ1) is 22.9. The summed E-state index contributed by atoms with van der Waals surface area (Å²) in [4.78, 5) is 11.4. The molecule has 0 N–H and O–H groups in total. The van der Waals surface area contributed by atoms with Gasteiger partial charge in [-0.2, -0.15) is 5.10 Å². The number of hydrogen-bond donors (Lipinski definition) is 0. The van der Waals surface area contributed by atoms with E-state index < -0.39 is 7.12 Å². The highest BCUT2D eigenvalue weighted by molar-refractivity contribution is 6.61. The van der Waals surface area contributed by atoms with E-state index in [2.05, 4.69) is 5.10 Å². The molecule has 1 aromatic heterocycles. The largest absolute Gasteiger partial charge is 0.498 e. The van der Waals surface area contributed by atoms with Gasteiger partial charge in [0.15, 0.2) is 0 Å². The zero-order valence-electron chi connectivity index (χ0n) is 17.7. The highest BCUT2D eigenvalue weighted by Crippen LogP contribution is 2.36. The molecule has 1 aliphatic rings. The third-order valence-electron chi connectivity index (χ3n) is 5.00. The van der Waals surface area contributed by atoms with Gasteiger partial charge in [0, 0.05) is 17.9 Å². The van der Waals surface area contributed by atoms with E-state index in [0.717, 1.165) is 18.3 Å². The summed E-state index contributed by atoms with van der Waals surface area (Å²) in [6.45, 7) is 12.4. The number of carbonyl (C=O) groups is 1. The van der Waals surface area contributed by atoms with Crippen molar-refractivity contribution in [3.8, 4) is 0 Å². The average Bonchev–Trinajstić information content (AvgIpc) is 3.16. The van der Waals surface area contributed by atoms with Crippen LogP contribution in [0.4, 0.5) is 0 Å². The molecule has 0 atom stereocenters. The van der Waals surface area contributed by atoms with Crippen molar-refractivity contribution in [1.82, 2.24) is 9.78 Å². The molecule has 0 amide bonds. The number of hydrogen-bond acceptors (Lipinski definition) is 7. The van der Waals surface area contributed by atoms with Crippen LogP contribution in [0.25, 0.3) is 0 Å². The lowest BCUT2D eigenvalue weighted by atomic mass is 9.82. The Hall–Kier alpha value is -1.42. The Morgan fingerprint density at radius 3 is 2.46 bits per heavy atom. The molecule has 0 aromatic carbocycles. The molecule has 1 saturated heterocycles. The summed E-state index contributed by atoms with van der Waals surface area (Å²) in [5.74, 6) is -0.333. The summed E-state index contributed by atoms with van der Waals surface area (Å²) >= 11 is 0. The predicted molar refractivity (Wildman–Crippen MR) is 105 cm³/mol. The number of ether oxygens (including phenoxy) is 3. The van der Waals surface area contributed by atoms with Crippen molar-refractivity contribution in [2.45, 2.75) is 65.2 Å². The van der Waals surface area contributed by atoms with Crippen molar-refractivity contribution in [2.75, 3.05) is 33.0 Å². The molecule has 2 heterocycles. The van der Waals surface area contributed by atoms with E-state index in [-0.39, 0.29) is 23.8 Å². The second-order valence-corrected chi connectivity index (χ2v) is 7.86. The topological polar surface area (TPSA) is 81.0 Å². The van der Waals surface area contributed by atoms with Crippen LogP contribution in [-0.4, -0.2) is 67.1 Å². The standard InChI is InChI=1S/C19H33BN2O6/c1-6-7-9-26-17(23)15-25-12-11-24-10-8-22-14-16(13-21-22)20-27-18(2,3)19(4,5)28-20/h13-14H,6-12,15H2,1-5H3. The Labute approximate surface area is 167 Å². The maximum Gasteiger partial charge on any atom is 0.498 e. The fraction of sp³-hybridized carbons (Fsp3) is 0.789. The van der Waals surface area contributed by atoms with Gasteiger partial charge >= 0.3 is 13.1 Å². The summed E-state index contributed by atoms with van der Waals surface area (Å²) in [5.41, 5.74) is 0.153. The van der Waals surface area contributed by atoms with E-state index in [9.17, 15) is 4.79 Å². The Balaban J connectivity index is 1.58. The van der Waals surface area contributed by atoms with Gasteiger partial charge in [0.05, 0.1) is 44.2 Å². The van der Waals surface area contributed by atoms with E-state index >= 15 is 0 Å². The first-order valence-electron chi connectivity index (χ1n) is 9.94. The normalized spacial score (nSPS) is 17.8. The maximum absolute atomic E-state index is 11.4. The van der Waals surface area contributed by atoms with E-state index in [1.165, 1.54) is 0 Å². The van der Waals surface area contributed by atoms with Crippen molar-refractivity contribution in [2.24, 2.45) is 0 Å². The zero-order chi connectivity index (χ0) is 20.6. The zero-order valence-corrected chi connectivity index (χ0v) is 17.7. The smallest absolute Gasteiger partial charge is 0.464 e. The van der Waals surface area contributed by atoms with Crippen LogP contribution in [0.2, 0.25) is 0 Å². The fourth-order valence-electron chi connectivity index (χ4n) is 2.51. The van der Waals surface area contributed by atoms with Crippen LogP contribution >= 0.6 is 0 Å². The molecule has 2 rings (SSSR count). The highest BCUT2D eigenvalue weighted by atomic mass is 16.7. The summed E-state index contributed by atoms with van der Waals surface area (Å²) in [6.07, 6.45) is 5.54. The molecule has 0 spiro atoms. The van der Waals surface area contributed by atoms with Crippen LogP contribution in [0.1, 0.15) is 47.5 Å². The van der Waals surface area contributed by atoms with Gasteiger partial charge in [-0.25, -0.2) is 4.79 Å². The molecule has 0 bridgehead atoms. The van der Waals surface area contributed by atoms with Gasteiger partial charge in [0.25, 0.3) is 0 Å². The number of nitrogens with zero attached hydrogens (tertiary/aromatic N) is 2. The van der Waals surface area contributed by atoms with Crippen LogP contribution < -0.4 is 5.46 Å². The molecule has 0 aliphatic carbocycles. The lowest BCUT2D eigenvalue weighted by Gasteiger charge is -2.32. The lowest BCUT2D eigenvalue weighted by molar-refractivity contribution is -0.149. The molecule has 9 heteroatoms. The highest BCUT2D eigenvalue weighted by Gasteiger charge is 2.52. The molecular weight excluding hydrogens is 363 g/mol. The molecule has 8 nitrogen and oxygen atoms in total. The minimum atomic E-state index is -0.412. The third kappa shape index (κ3) is 6.58. The number of carbonyl (C=O) groups excluding carboxylic acids is 1. The first-order valence-corrected chi connectivity index (χ1v) is 9.94. The number of unbranched alkanes of at least 4 members (excludes halogenated alkanes) is 1. The monoisotopic (exact) mass is 396 g/mol. The molecule has 1 aromatic rings. The minimum Gasteiger partial charge on any atom is -0.464 e. The molecule has 0 saturated carbocycles. The minimum absolute atomic E-state index is 0.0380. The van der Waals surface area contributed by atoms with E-state index in [1.807, 2.05) is 40.8 Å². The van der Waals surface area contributed by atoms with Crippen LogP contribution in [-0.2, 0) is 34.9 Å². The third-order valence-corrected chi connectivity index (χ3v) is 5.00. The van der Waals surface area contributed by atoms with Crippen LogP contribution in [0.5, 0.6) is 0 Å². The van der Waals surface area contributed by atoms with Gasteiger partial charge in [-0.1, -0.05) is 13.3 Å². The quantitative estimate of drug-likeness (QED) is 0.301. The Morgan fingerprint density at radius 1 is 1.11 bits per heavy atom. The van der Waals surface area contributed by atoms with E-state index in [1.54, 1.807) is 10.9 Å². The van der Waals surface area contributed by atoms with Crippen molar-refractivity contribution < 1.29 is 28.3 Å². The molecule has 158 valence electrons. The molecule has 1 fully saturated rings. The van der Waals surface area contributed by atoms with Crippen molar-refractivity contribution in [3.63, 3.8) is 0 Å². The maximum atomic E-state index is 11.4. The fourth-order valence-corrected chi connectivity index (χ4v) is 2.51. The Morgan fingerprint density at radius 2 is 1.79 bits per heavy atom. The number of esters is 1. The average molecular weight is 396 g/mol. The van der Waals surface area contributed by atoms with Crippen LogP contribution in [0.15, 0.2) is 12.4 Å². The van der Waals surface area contributed by atoms with Crippen molar-refractivity contribution in [3.05, 3.63) is 12.4 Å². The van der Waals surface area contributed by atoms with E-state index in [0.29, 0.717) is 33.0 Å². The molecule has 28 heavy (non-hydrogen) atoms. The SMILES string of the molecule is CCCCOC(=O)COCCOCCn1cc(B2OC(C)(C)C(C)(C)O2)cn1. The number of rotatable bonds is 12. The predicted octanol–water partition coefficient (Wildman–Crippen LogP) is 1.56. The second kappa shape index (κ2) is 10.4. The molecule has 1 aliphatic heterocycles. The van der Waals surface area contributed by atoms with Gasteiger partial charge in [0.1, 0.15) is 6.61 Å². The lowest BCUT2D eigenvalue weighted by Crippen LogP contribution is -2.41. The van der Waals surface area contributed by atoms with Crippen molar-refractivity contribution in [1.29, 1.82) is 0 Å². The van der Waals surface area contributed by atoms with Crippen LogP contribution in [0, 0.1) is 0 Å². The Bertz CT molecular complexity index is 603. The van der Waals surface area contributed by atoms with Gasteiger partial charge in [-0.15, -0.1) is 0 Å².